The van der Waals surface area contributed by atoms with Crippen LogP contribution in [0.2, 0.25) is 0 Å². The molecule has 180 valence electrons. The van der Waals surface area contributed by atoms with E-state index >= 15 is 0 Å². The van der Waals surface area contributed by atoms with Crippen molar-refractivity contribution in [1.82, 2.24) is 0 Å². The van der Waals surface area contributed by atoms with Gasteiger partial charge in [0.05, 0.1) is 25.9 Å². The van der Waals surface area contributed by atoms with E-state index in [1.807, 2.05) is 25.1 Å². The van der Waals surface area contributed by atoms with Crippen LogP contribution in [0.4, 0.5) is 0 Å². The van der Waals surface area contributed by atoms with Crippen LogP contribution < -0.4 is 14.2 Å². The first-order valence-electron chi connectivity index (χ1n) is 11.4. The lowest BCUT2D eigenvalue weighted by Crippen LogP contribution is -2.47. The minimum atomic E-state index is -1.13. The van der Waals surface area contributed by atoms with Gasteiger partial charge in [-0.1, -0.05) is 26.8 Å². The molecular formula is C24H36O8. The monoisotopic (exact) mass is 452 g/mol. The number of carbonyl (C=O) groups excluding carboxylic acids is 1. The lowest BCUT2D eigenvalue weighted by Gasteiger charge is -2.43. The van der Waals surface area contributed by atoms with Gasteiger partial charge >= 0.3 is 11.9 Å². The molecule has 1 unspecified atom stereocenters. The zero-order valence-corrected chi connectivity index (χ0v) is 19.9. The second kappa shape index (κ2) is 10.7. The number of fused-ring (bicyclic) bond motifs is 1. The Morgan fingerprint density at radius 3 is 2.59 bits per heavy atom. The van der Waals surface area contributed by atoms with E-state index in [0.717, 1.165) is 0 Å². The number of benzene rings is 1. The predicted molar refractivity (Wildman–Crippen MR) is 117 cm³/mol. The third-order valence-electron chi connectivity index (χ3n) is 6.19. The van der Waals surface area contributed by atoms with Gasteiger partial charge in [0.1, 0.15) is 6.61 Å². The van der Waals surface area contributed by atoms with Crippen LogP contribution in [-0.4, -0.2) is 50.8 Å². The summed E-state index contributed by atoms with van der Waals surface area (Å²) in [4.78, 5) is 11.2. The number of carbonyl (C=O) groups is 1. The second-order valence-electron chi connectivity index (χ2n) is 8.58. The Bertz CT molecular complexity index is 768. The van der Waals surface area contributed by atoms with Crippen molar-refractivity contribution in [1.29, 1.82) is 0 Å². The Hall–Kier alpha value is -2.03. The van der Waals surface area contributed by atoms with Gasteiger partial charge in [0.15, 0.2) is 17.8 Å². The van der Waals surface area contributed by atoms with Crippen molar-refractivity contribution in [3.8, 4) is 17.2 Å². The summed E-state index contributed by atoms with van der Waals surface area (Å²) < 4.78 is 40.4. The molecule has 0 radical (unpaired) electrons. The molecule has 3 rings (SSSR count). The zero-order valence-electron chi connectivity index (χ0n) is 19.9. The molecule has 1 saturated heterocycles. The predicted octanol–water partition coefficient (Wildman–Crippen LogP) is 4.15. The summed E-state index contributed by atoms with van der Waals surface area (Å²) in [6.45, 7) is 13.1. The minimum absolute atomic E-state index is 0.171. The molecule has 0 N–H and O–H groups in total. The summed E-state index contributed by atoms with van der Waals surface area (Å²) in [6.07, 6.45) is 0.166. The molecule has 0 aromatic heterocycles. The largest absolute Gasteiger partial charge is 0.489 e. The first-order chi connectivity index (χ1) is 15.2. The van der Waals surface area contributed by atoms with Crippen LogP contribution >= 0.6 is 0 Å². The first kappa shape index (κ1) is 24.6. The highest BCUT2D eigenvalue weighted by molar-refractivity contribution is 5.65. The fraction of sp³-hybridized carbons (Fsp3) is 0.708. The summed E-state index contributed by atoms with van der Waals surface area (Å²) in [5.41, 5.74) is 0. The van der Waals surface area contributed by atoms with Crippen molar-refractivity contribution < 1.29 is 38.0 Å². The molecule has 6 atom stereocenters. The standard InChI is InChI=1S/C24H36O8/c1-7-29-24(6)31-20-11-8-10-19(22(20)32-24)26-12-9-13-27-23-17(4)15(2)16(3)21(30-23)14-28-18(5)25/h8,10-11,15-17,21,23H,7,9,12-14H2,1-6H3/t15-,16-,17+,21+,23+,24?/m0/s1. The normalized spacial score (nSPS) is 31.4. The van der Waals surface area contributed by atoms with Crippen LogP contribution in [0.25, 0.3) is 0 Å². The van der Waals surface area contributed by atoms with Crippen LogP contribution in [0, 0.1) is 17.8 Å². The van der Waals surface area contributed by atoms with Crippen molar-refractivity contribution in [3.63, 3.8) is 0 Å². The van der Waals surface area contributed by atoms with Gasteiger partial charge in [0.25, 0.3) is 0 Å². The van der Waals surface area contributed by atoms with Gasteiger partial charge in [0.2, 0.25) is 5.75 Å². The van der Waals surface area contributed by atoms with Gasteiger partial charge in [-0.15, -0.1) is 0 Å². The number of esters is 1. The molecule has 1 aromatic carbocycles. The van der Waals surface area contributed by atoms with Gasteiger partial charge in [-0.2, -0.15) is 0 Å². The molecular weight excluding hydrogens is 416 g/mol. The van der Waals surface area contributed by atoms with E-state index in [1.165, 1.54) is 6.92 Å². The van der Waals surface area contributed by atoms with Crippen molar-refractivity contribution in [3.05, 3.63) is 18.2 Å². The van der Waals surface area contributed by atoms with Crippen molar-refractivity contribution >= 4 is 5.97 Å². The van der Waals surface area contributed by atoms with E-state index in [0.29, 0.717) is 49.4 Å². The molecule has 2 aliphatic rings. The highest BCUT2D eigenvalue weighted by Crippen LogP contribution is 2.46. The molecule has 32 heavy (non-hydrogen) atoms. The summed E-state index contributed by atoms with van der Waals surface area (Å²) in [6, 6.07) is 5.52. The third-order valence-corrected chi connectivity index (χ3v) is 6.19. The number of para-hydroxylation sites is 1. The molecule has 1 aromatic rings. The first-order valence-corrected chi connectivity index (χ1v) is 11.4. The smallest absolute Gasteiger partial charge is 0.369 e. The maximum absolute atomic E-state index is 11.2. The molecule has 2 aliphatic heterocycles. The summed E-state index contributed by atoms with van der Waals surface area (Å²) in [5, 5.41) is 0. The minimum Gasteiger partial charge on any atom is -0.489 e. The number of rotatable bonds is 10. The Labute approximate surface area is 190 Å². The molecule has 0 spiro atoms. The highest BCUT2D eigenvalue weighted by Gasteiger charge is 2.41. The Balaban J connectivity index is 1.46. The van der Waals surface area contributed by atoms with E-state index in [9.17, 15) is 4.79 Å². The number of hydrogen-bond donors (Lipinski definition) is 0. The van der Waals surface area contributed by atoms with Crippen LogP contribution in [0.5, 0.6) is 17.2 Å². The summed E-state index contributed by atoms with van der Waals surface area (Å²) >= 11 is 0. The van der Waals surface area contributed by atoms with E-state index in [1.54, 1.807) is 6.92 Å². The molecule has 0 amide bonds. The summed E-state index contributed by atoms with van der Waals surface area (Å²) in [5.74, 6) is 1.21. The molecule has 0 aliphatic carbocycles. The summed E-state index contributed by atoms with van der Waals surface area (Å²) in [7, 11) is 0. The van der Waals surface area contributed by atoms with Gasteiger partial charge in [-0.25, -0.2) is 0 Å². The molecule has 8 nitrogen and oxygen atoms in total. The Kier molecular flexibility index (Phi) is 8.25. The SMILES string of the molecule is CCOC1(C)Oc2cccc(OCCCO[C@@H]3O[C@H](COC(C)=O)[C@@H](C)[C@H](C)[C@H]3C)c2O1. The van der Waals surface area contributed by atoms with Crippen molar-refractivity contribution in [2.75, 3.05) is 26.4 Å². The Morgan fingerprint density at radius 1 is 1.09 bits per heavy atom. The molecule has 0 bridgehead atoms. The highest BCUT2D eigenvalue weighted by atomic mass is 16.9. The van der Waals surface area contributed by atoms with Crippen molar-refractivity contribution in [2.45, 2.75) is 66.3 Å². The quantitative estimate of drug-likeness (QED) is 0.387. The van der Waals surface area contributed by atoms with Crippen LogP contribution in [0.3, 0.4) is 0 Å². The van der Waals surface area contributed by atoms with Gasteiger partial charge < -0.3 is 33.2 Å². The number of hydrogen-bond acceptors (Lipinski definition) is 8. The fourth-order valence-electron chi connectivity index (χ4n) is 4.02. The van der Waals surface area contributed by atoms with E-state index in [4.69, 9.17) is 33.2 Å². The van der Waals surface area contributed by atoms with Gasteiger partial charge in [-0.3, -0.25) is 4.79 Å². The third kappa shape index (κ3) is 5.85. The van der Waals surface area contributed by atoms with E-state index in [2.05, 4.69) is 20.8 Å². The average Bonchev–Trinajstić information content (AvgIpc) is 3.09. The van der Waals surface area contributed by atoms with Gasteiger partial charge in [-0.05, 0) is 30.9 Å². The van der Waals surface area contributed by atoms with Crippen LogP contribution in [0.1, 0.15) is 48.0 Å². The second-order valence-corrected chi connectivity index (χ2v) is 8.58. The maximum atomic E-state index is 11.2. The van der Waals surface area contributed by atoms with Crippen LogP contribution in [-0.2, 0) is 23.7 Å². The van der Waals surface area contributed by atoms with Crippen molar-refractivity contribution in [2.24, 2.45) is 17.8 Å². The lowest BCUT2D eigenvalue weighted by atomic mass is 9.79. The zero-order chi connectivity index (χ0) is 23.3. The topological polar surface area (TPSA) is 81.7 Å². The molecule has 2 heterocycles. The molecule has 1 fully saturated rings. The molecule has 0 saturated carbocycles. The maximum Gasteiger partial charge on any atom is 0.369 e. The Morgan fingerprint density at radius 2 is 1.88 bits per heavy atom. The average molecular weight is 453 g/mol. The van der Waals surface area contributed by atoms with E-state index < -0.39 is 5.97 Å². The number of ether oxygens (including phenoxy) is 7. The molecule has 8 heteroatoms. The van der Waals surface area contributed by atoms with Gasteiger partial charge in [0, 0.05) is 26.2 Å². The lowest BCUT2D eigenvalue weighted by molar-refractivity contribution is -0.266. The van der Waals surface area contributed by atoms with Crippen LogP contribution in [0.15, 0.2) is 18.2 Å². The van der Waals surface area contributed by atoms with E-state index in [-0.39, 0.29) is 36.8 Å². The fourth-order valence-corrected chi connectivity index (χ4v) is 4.02.